The Labute approximate surface area is 129 Å². The minimum atomic E-state index is -0.614. The Morgan fingerprint density at radius 2 is 1.91 bits per heavy atom. The summed E-state index contributed by atoms with van der Waals surface area (Å²) in [4.78, 5) is 28.7. The van der Waals surface area contributed by atoms with E-state index in [0.29, 0.717) is 34.0 Å². The van der Waals surface area contributed by atoms with Crippen LogP contribution in [0.4, 0.5) is 0 Å². The van der Waals surface area contributed by atoms with E-state index in [9.17, 15) is 9.59 Å². The molecule has 8 nitrogen and oxygen atoms in total. The number of nitrogens with zero attached hydrogens (tertiary/aromatic N) is 4. The zero-order valence-electron chi connectivity index (χ0n) is 13.3. The van der Waals surface area contributed by atoms with Crippen LogP contribution >= 0.6 is 0 Å². The molecule has 0 N–H and O–H groups in total. The minimum Gasteiger partial charge on any atom is -0.437 e. The van der Waals surface area contributed by atoms with E-state index in [2.05, 4.69) is 4.98 Å². The Hall–Kier alpha value is -1.87. The van der Waals surface area contributed by atoms with Crippen molar-refractivity contribution in [2.75, 3.05) is 6.61 Å². The largest absolute Gasteiger partial charge is 0.437 e. The van der Waals surface area contributed by atoms with Crippen LogP contribution in [0.5, 0.6) is 6.01 Å². The van der Waals surface area contributed by atoms with Crippen LogP contribution in [0.25, 0.3) is 11.2 Å². The molecule has 1 atom stereocenters. The monoisotopic (exact) mass is 324 g/mol. The molecule has 1 aliphatic rings. The lowest BCUT2D eigenvalue weighted by atomic mass is 10.2. The maximum Gasteiger partial charge on any atom is 0.332 e. The summed E-state index contributed by atoms with van der Waals surface area (Å²) in [6, 6.07) is 0.310. The van der Waals surface area contributed by atoms with E-state index in [4.69, 9.17) is 9.47 Å². The summed E-state index contributed by atoms with van der Waals surface area (Å²) in [5.74, 6) is 0. The van der Waals surface area contributed by atoms with Gasteiger partial charge in [0.25, 0.3) is 5.56 Å². The van der Waals surface area contributed by atoms with E-state index >= 15 is 0 Å². The highest BCUT2D eigenvalue weighted by molar-refractivity contribution is 6.13. The fraction of sp³-hybridized carbons (Fsp3) is 0.615. The highest BCUT2D eigenvalue weighted by atomic mass is 28.1. The summed E-state index contributed by atoms with van der Waals surface area (Å²) < 4.78 is 15.8. The van der Waals surface area contributed by atoms with Gasteiger partial charge in [-0.25, -0.2) is 4.79 Å². The van der Waals surface area contributed by atoms with E-state index in [0.717, 1.165) is 23.8 Å². The number of hydrogen-bond donors (Lipinski definition) is 0. The molecule has 0 amide bonds. The van der Waals surface area contributed by atoms with Crippen LogP contribution in [0, 0.1) is 0 Å². The predicted octanol–water partition coefficient (Wildman–Crippen LogP) is -1.43. The van der Waals surface area contributed by atoms with Crippen LogP contribution in [0.1, 0.15) is 19.3 Å². The van der Waals surface area contributed by atoms with Crippen molar-refractivity contribution in [1.29, 1.82) is 0 Å². The van der Waals surface area contributed by atoms with Gasteiger partial charge in [-0.15, -0.1) is 0 Å². The molecular weight excluding hydrogens is 304 g/mol. The van der Waals surface area contributed by atoms with Gasteiger partial charge in [0.05, 0.1) is 16.8 Å². The molecule has 1 fully saturated rings. The van der Waals surface area contributed by atoms with E-state index in [1.54, 1.807) is 18.7 Å². The molecule has 2 aromatic heterocycles. The SMILES string of the molecule is Cn1c(=O)c2c(nc(OC3([SiH3])CCCCO3)n2C)n(C)c1=O. The number of aromatic nitrogens is 4. The molecule has 3 heterocycles. The molecule has 1 unspecified atom stereocenters. The maximum atomic E-state index is 12.3. The van der Waals surface area contributed by atoms with Gasteiger partial charge in [-0.2, -0.15) is 4.98 Å². The number of fused-ring (bicyclic) bond motifs is 1. The second-order valence-corrected chi connectivity index (χ2v) is 7.40. The van der Waals surface area contributed by atoms with E-state index in [1.165, 1.54) is 11.6 Å². The lowest BCUT2D eigenvalue weighted by Crippen LogP contribution is -2.43. The third kappa shape index (κ3) is 2.20. The third-order valence-corrected chi connectivity index (χ3v) is 5.17. The standard InChI is InChI=1S/C13H20N4O4Si/c1-15-8-9(16(2)12(19)17(3)10(8)18)14-11(15)21-13(22)6-4-5-7-20-13/h4-7H2,1-3,22H3. The van der Waals surface area contributed by atoms with Crippen molar-refractivity contribution in [3.05, 3.63) is 20.8 Å². The normalized spacial score (nSPS) is 22.3. The Morgan fingerprint density at radius 1 is 1.18 bits per heavy atom. The number of rotatable bonds is 2. The Bertz CT molecular complexity index is 844. The number of hydrogen-bond acceptors (Lipinski definition) is 5. The van der Waals surface area contributed by atoms with Crippen LogP contribution in [0.15, 0.2) is 9.59 Å². The van der Waals surface area contributed by atoms with Gasteiger partial charge in [0, 0.05) is 27.6 Å². The lowest BCUT2D eigenvalue weighted by molar-refractivity contribution is -0.148. The highest BCUT2D eigenvalue weighted by Crippen LogP contribution is 2.26. The van der Waals surface area contributed by atoms with Crippen molar-refractivity contribution in [1.82, 2.24) is 18.7 Å². The van der Waals surface area contributed by atoms with Crippen LogP contribution in [0.2, 0.25) is 0 Å². The second kappa shape index (κ2) is 5.09. The molecule has 0 radical (unpaired) electrons. The lowest BCUT2D eigenvalue weighted by Gasteiger charge is -2.33. The van der Waals surface area contributed by atoms with E-state index in [-0.39, 0.29) is 5.56 Å². The molecule has 1 aliphatic heterocycles. The average molecular weight is 324 g/mol. The Morgan fingerprint density at radius 3 is 2.55 bits per heavy atom. The summed E-state index contributed by atoms with van der Waals surface area (Å²) in [5, 5.41) is 0. The molecule has 2 aromatic rings. The summed E-state index contributed by atoms with van der Waals surface area (Å²) >= 11 is 0. The molecule has 0 saturated carbocycles. The van der Waals surface area contributed by atoms with E-state index in [1.807, 2.05) is 0 Å². The molecule has 0 spiro atoms. The number of imidazole rings is 1. The first-order chi connectivity index (χ1) is 10.3. The average Bonchev–Trinajstić information content (AvgIpc) is 2.80. The zero-order valence-corrected chi connectivity index (χ0v) is 15.3. The predicted molar refractivity (Wildman–Crippen MR) is 84.3 cm³/mol. The maximum absolute atomic E-state index is 12.3. The Kier molecular flexibility index (Phi) is 3.48. The second-order valence-electron chi connectivity index (χ2n) is 5.87. The van der Waals surface area contributed by atoms with Gasteiger partial charge >= 0.3 is 11.7 Å². The first kappa shape index (κ1) is 15.0. The molecule has 22 heavy (non-hydrogen) atoms. The summed E-state index contributed by atoms with van der Waals surface area (Å²) in [6.07, 6.45) is 2.90. The van der Waals surface area contributed by atoms with Gasteiger partial charge in [-0.3, -0.25) is 18.5 Å². The molecule has 0 bridgehead atoms. The number of aryl methyl sites for hydroxylation is 2. The quantitative estimate of drug-likeness (QED) is 0.633. The molecule has 9 heteroatoms. The van der Waals surface area contributed by atoms with Gasteiger partial charge < -0.3 is 9.47 Å². The fourth-order valence-electron chi connectivity index (χ4n) is 2.77. The zero-order chi connectivity index (χ0) is 16.1. The van der Waals surface area contributed by atoms with Crippen molar-refractivity contribution in [3.8, 4) is 6.01 Å². The molecular formula is C13H20N4O4Si. The third-order valence-electron chi connectivity index (χ3n) is 4.17. The van der Waals surface area contributed by atoms with E-state index < -0.39 is 11.1 Å². The highest BCUT2D eigenvalue weighted by Gasteiger charge is 2.32. The smallest absolute Gasteiger partial charge is 0.332 e. The minimum absolute atomic E-state index is 0.310. The van der Waals surface area contributed by atoms with Crippen molar-refractivity contribution in [3.63, 3.8) is 0 Å². The summed E-state index contributed by atoms with van der Waals surface area (Å²) in [6.45, 7) is 0.674. The first-order valence-electron chi connectivity index (χ1n) is 7.29. The molecule has 1 saturated heterocycles. The fourth-order valence-corrected chi connectivity index (χ4v) is 3.51. The first-order valence-corrected chi connectivity index (χ1v) is 8.29. The number of ether oxygens (including phenoxy) is 2. The van der Waals surface area contributed by atoms with Gasteiger partial charge in [0.15, 0.2) is 16.6 Å². The van der Waals surface area contributed by atoms with Crippen LogP contribution in [0.3, 0.4) is 0 Å². The van der Waals surface area contributed by atoms with Crippen LogP contribution in [-0.4, -0.2) is 40.9 Å². The topological polar surface area (TPSA) is 80.3 Å². The molecule has 3 rings (SSSR count). The molecule has 120 valence electrons. The van der Waals surface area contributed by atoms with Gasteiger partial charge in [0.2, 0.25) is 0 Å². The van der Waals surface area contributed by atoms with Gasteiger partial charge in [-0.05, 0) is 12.8 Å². The van der Waals surface area contributed by atoms with Gasteiger partial charge in [0.1, 0.15) is 0 Å². The summed E-state index contributed by atoms with van der Waals surface area (Å²) in [7, 11) is 5.45. The van der Waals surface area contributed by atoms with Crippen LogP contribution < -0.4 is 16.0 Å². The van der Waals surface area contributed by atoms with Crippen LogP contribution in [-0.2, 0) is 25.9 Å². The van der Waals surface area contributed by atoms with Crippen molar-refractivity contribution >= 4 is 21.4 Å². The molecule has 0 aliphatic carbocycles. The molecule has 0 aromatic carbocycles. The van der Waals surface area contributed by atoms with Crippen molar-refractivity contribution in [2.45, 2.75) is 24.7 Å². The van der Waals surface area contributed by atoms with Gasteiger partial charge in [-0.1, -0.05) is 0 Å². The van der Waals surface area contributed by atoms with Crippen molar-refractivity contribution < 1.29 is 9.47 Å². The Balaban J connectivity index is 2.15. The summed E-state index contributed by atoms with van der Waals surface area (Å²) in [5.41, 5.74) is -0.726. The van der Waals surface area contributed by atoms with Crippen molar-refractivity contribution in [2.24, 2.45) is 21.1 Å².